The number of nitrogens with zero attached hydrogens (tertiary/aromatic N) is 3. The second kappa shape index (κ2) is 9.39. The first-order valence-electron chi connectivity index (χ1n) is 7.73. The van der Waals surface area contributed by atoms with E-state index in [-0.39, 0.29) is 6.61 Å². The highest BCUT2D eigenvalue weighted by atomic mass is 16.5. The van der Waals surface area contributed by atoms with Gasteiger partial charge in [0.25, 0.3) is 0 Å². The fourth-order valence-electron chi connectivity index (χ4n) is 2.42. The number of rotatable bonds is 10. The average molecular weight is 296 g/mol. The van der Waals surface area contributed by atoms with Gasteiger partial charge < -0.3 is 20.1 Å². The number of hydrogen-bond acceptors (Lipinski definition) is 6. The molecule has 0 fully saturated rings. The molecular formula is C15H28N4O2. The molecule has 0 aromatic carbocycles. The van der Waals surface area contributed by atoms with E-state index in [0.29, 0.717) is 24.2 Å². The average Bonchev–Trinajstić information content (AvgIpc) is 2.52. The van der Waals surface area contributed by atoms with Crippen LogP contribution in [-0.4, -0.2) is 47.9 Å². The number of aromatic nitrogens is 2. The van der Waals surface area contributed by atoms with Gasteiger partial charge in [-0.3, -0.25) is 0 Å². The normalized spacial score (nSPS) is 10.8. The summed E-state index contributed by atoms with van der Waals surface area (Å²) < 4.78 is 5.53. The zero-order chi connectivity index (χ0) is 15.7. The van der Waals surface area contributed by atoms with Gasteiger partial charge in [0, 0.05) is 19.1 Å². The van der Waals surface area contributed by atoms with Gasteiger partial charge in [-0.15, -0.1) is 0 Å². The van der Waals surface area contributed by atoms with Crippen LogP contribution in [0.15, 0.2) is 6.33 Å². The quantitative estimate of drug-likeness (QED) is 0.690. The van der Waals surface area contributed by atoms with Crippen LogP contribution >= 0.6 is 0 Å². The molecule has 0 atom stereocenters. The summed E-state index contributed by atoms with van der Waals surface area (Å²) in [5.41, 5.74) is 0. The van der Waals surface area contributed by atoms with Crippen LogP contribution in [0.4, 0.5) is 11.6 Å². The van der Waals surface area contributed by atoms with Gasteiger partial charge in [0.05, 0.1) is 13.7 Å². The van der Waals surface area contributed by atoms with E-state index in [1.54, 1.807) is 13.4 Å². The number of aliphatic hydroxyl groups is 1. The summed E-state index contributed by atoms with van der Waals surface area (Å²) in [6, 6.07) is 0.319. The fourth-order valence-corrected chi connectivity index (χ4v) is 2.42. The minimum Gasteiger partial charge on any atom is -0.490 e. The van der Waals surface area contributed by atoms with Crippen molar-refractivity contribution < 1.29 is 9.84 Å². The van der Waals surface area contributed by atoms with E-state index in [0.717, 1.165) is 31.6 Å². The van der Waals surface area contributed by atoms with Crippen molar-refractivity contribution in [1.82, 2.24) is 9.97 Å². The monoisotopic (exact) mass is 296 g/mol. The summed E-state index contributed by atoms with van der Waals surface area (Å²) in [7, 11) is 1.63. The minimum absolute atomic E-state index is 0.0847. The molecule has 1 heterocycles. The van der Waals surface area contributed by atoms with E-state index in [1.165, 1.54) is 0 Å². The Labute approximate surface area is 127 Å². The molecule has 21 heavy (non-hydrogen) atoms. The molecular weight excluding hydrogens is 268 g/mol. The van der Waals surface area contributed by atoms with E-state index >= 15 is 0 Å². The van der Waals surface area contributed by atoms with Crippen LogP contribution in [0.1, 0.15) is 40.0 Å². The van der Waals surface area contributed by atoms with Crippen LogP contribution in [0.25, 0.3) is 0 Å². The Bertz CT molecular complexity index is 411. The minimum atomic E-state index is 0.0847. The van der Waals surface area contributed by atoms with E-state index < -0.39 is 0 Å². The molecule has 0 spiro atoms. The molecule has 6 nitrogen and oxygen atoms in total. The summed E-state index contributed by atoms with van der Waals surface area (Å²) in [6.45, 7) is 7.83. The summed E-state index contributed by atoms with van der Waals surface area (Å²) >= 11 is 0. The second-order valence-corrected chi connectivity index (χ2v) is 4.89. The first-order chi connectivity index (χ1) is 10.2. The van der Waals surface area contributed by atoms with E-state index in [2.05, 4.69) is 41.0 Å². The maximum absolute atomic E-state index is 9.37. The van der Waals surface area contributed by atoms with Crippen LogP contribution in [0.3, 0.4) is 0 Å². The number of hydrogen-bond donors (Lipinski definition) is 2. The highest BCUT2D eigenvalue weighted by Gasteiger charge is 2.22. The highest BCUT2D eigenvalue weighted by molar-refractivity contribution is 5.65. The van der Waals surface area contributed by atoms with Gasteiger partial charge in [0.1, 0.15) is 6.33 Å². The zero-order valence-electron chi connectivity index (χ0n) is 13.6. The summed E-state index contributed by atoms with van der Waals surface area (Å²) in [6.07, 6.45) is 4.53. The molecule has 0 saturated heterocycles. The van der Waals surface area contributed by atoms with Gasteiger partial charge >= 0.3 is 0 Å². The molecule has 6 heteroatoms. The first kappa shape index (κ1) is 17.5. The van der Waals surface area contributed by atoms with Crippen molar-refractivity contribution in [3.05, 3.63) is 6.33 Å². The van der Waals surface area contributed by atoms with Crippen molar-refractivity contribution in [3.63, 3.8) is 0 Å². The SMILES string of the molecule is CCCNc1ncnc(N(CCO)C(CC)CC)c1OC. The molecule has 1 aromatic rings. The Balaban J connectivity index is 3.16. The molecule has 0 aliphatic carbocycles. The third-order valence-electron chi connectivity index (χ3n) is 3.53. The van der Waals surface area contributed by atoms with E-state index in [4.69, 9.17) is 4.74 Å². The number of methoxy groups -OCH3 is 1. The van der Waals surface area contributed by atoms with Crippen molar-refractivity contribution >= 4 is 11.6 Å². The van der Waals surface area contributed by atoms with E-state index in [9.17, 15) is 5.11 Å². The van der Waals surface area contributed by atoms with Crippen molar-refractivity contribution in [2.75, 3.05) is 37.0 Å². The molecule has 0 radical (unpaired) electrons. The fraction of sp³-hybridized carbons (Fsp3) is 0.733. The molecule has 1 rings (SSSR count). The van der Waals surface area contributed by atoms with Gasteiger partial charge in [-0.2, -0.15) is 0 Å². The first-order valence-corrected chi connectivity index (χ1v) is 7.73. The molecule has 0 bridgehead atoms. The van der Waals surface area contributed by atoms with Crippen LogP contribution in [-0.2, 0) is 0 Å². The molecule has 0 aliphatic rings. The van der Waals surface area contributed by atoms with Crippen LogP contribution < -0.4 is 15.0 Å². The van der Waals surface area contributed by atoms with Gasteiger partial charge in [-0.1, -0.05) is 20.8 Å². The molecule has 1 aromatic heterocycles. The lowest BCUT2D eigenvalue weighted by molar-refractivity contribution is 0.294. The maximum atomic E-state index is 9.37. The third kappa shape index (κ3) is 4.46. The Morgan fingerprint density at radius 2 is 2.00 bits per heavy atom. The topological polar surface area (TPSA) is 70.5 Å². The van der Waals surface area contributed by atoms with Crippen molar-refractivity contribution in [2.45, 2.75) is 46.1 Å². The standard InChI is InChI=1S/C15H28N4O2/c1-5-8-16-14-13(21-4)15(18-11-17-14)19(9-10-20)12(6-2)7-3/h11-12,20H,5-10H2,1-4H3,(H,16,17,18). The van der Waals surface area contributed by atoms with Crippen LogP contribution in [0, 0.1) is 0 Å². The molecule has 0 aliphatic heterocycles. The molecule has 120 valence electrons. The molecule has 0 unspecified atom stereocenters. The summed E-state index contributed by atoms with van der Waals surface area (Å²) in [5.74, 6) is 2.10. The lowest BCUT2D eigenvalue weighted by atomic mass is 10.1. The zero-order valence-corrected chi connectivity index (χ0v) is 13.6. The Morgan fingerprint density at radius 1 is 1.29 bits per heavy atom. The van der Waals surface area contributed by atoms with Crippen molar-refractivity contribution in [1.29, 1.82) is 0 Å². The Kier molecular flexibility index (Phi) is 7.82. The molecule has 0 amide bonds. The largest absolute Gasteiger partial charge is 0.490 e. The number of anilines is 2. The predicted octanol–water partition coefficient (Wildman–Crippen LogP) is 2.29. The Hall–Kier alpha value is -1.56. The lowest BCUT2D eigenvalue weighted by Gasteiger charge is -2.32. The molecule has 2 N–H and O–H groups in total. The summed E-state index contributed by atoms with van der Waals surface area (Å²) in [4.78, 5) is 10.8. The number of nitrogens with one attached hydrogen (secondary N) is 1. The van der Waals surface area contributed by atoms with Gasteiger partial charge in [-0.05, 0) is 19.3 Å². The lowest BCUT2D eigenvalue weighted by Crippen LogP contribution is -2.37. The van der Waals surface area contributed by atoms with Crippen LogP contribution in [0.2, 0.25) is 0 Å². The van der Waals surface area contributed by atoms with E-state index in [1.807, 2.05) is 0 Å². The second-order valence-electron chi connectivity index (χ2n) is 4.89. The predicted molar refractivity (Wildman–Crippen MR) is 86.2 cm³/mol. The smallest absolute Gasteiger partial charge is 0.204 e. The van der Waals surface area contributed by atoms with Crippen LogP contribution in [0.5, 0.6) is 5.75 Å². The van der Waals surface area contributed by atoms with Crippen molar-refractivity contribution in [3.8, 4) is 5.75 Å². The van der Waals surface area contributed by atoms with Gasteiger partial charge in [0.15, 0.2) is 11.6 Å². The number of ether oxygens (including phenoxy) is 1. The van der Waals surface area contributed by atoms with Gasteiger partial charge in [-0.25, -0.2) is 9.97 Å². The number of aliphatic hydroxyl groups excluding tert-OH is 1. The molecule has 0 saturated carbocycles. The van der Waals surface area contributed by atoms with Crippen molar-refractivity contribution in [2.24, 2.45) is 0 Å². The summed E-state index contributed by atoms with van der Waals surface area (Å²) in [5, 5.41) is 12.6. The Morgan fingerprint density at radius 3 is 2.52 bits per heavy atom. The van der Waals surface area contributed by atoms with Gasteiger partial charge in [0.2, 0.25) is 5.75 Å². The highest BCUT2D eigenvalue weighted by Crippen LogP contribution is 2.33. The third-order valence-corrected chi connectivity index (χ3v) is 3.53. The maximum Gasteiger partial charge on any atom is 0.204 e.